The third-order valence-corrected chi connectivity index (χ3v) is 5.12. The number of pyridine rings is 1. The molecule has 32 heavy (non-hydrogen) atoms. The largest absolute Gasteiger partial charge is 0.504 e. The number of rotatable bonds is 6. The van der Waals surface area contributed by atoms with Crippen molar-refractivity contribution in [3.05, 3.63) is 101 Å². The van der Waals surface area contributed by atoms with E-state index < -0.39 is 23.5 Å². The number of methoxy groups -OCH3 is 1. The highest BCUT2D eigenvalue weighted by atomic mass is 16.5. The first-order valence-corrected chi connectivity index (χ1v) is 9.83. The Balaban J connectivity index is 1.81. The third kappa shape index (κ3) is 3.83. The van der Waals surface area contributed by atoms with Gasteiger partial charge in [-0.15, -0.1) is 0 Å². The van der Waals surface area contributed by atoms with Crippen LogP contribution in [0.15, 0.2) is 90.3 Å². The van der Waals surface area contributed by atoms with E-state index in [0.29, 0.717) is 5.56 Å². The predicted molar refractivity (Wildman–Crippen MR) is 119 cm³/mol. The fourth-order valence-corrected chi connectivity index (χ4v) is 3.60. The first-order chi connectivity index (χ1) is 15.5. The summed E-state index contributed by atoms with van der Waals surface area (Å²) in [6.45, 7) is 0. The third-order valence-electron chi connectivity index (χ3n) is 5.12. The first-order valence-electron chi connectivity index (χ1n) is 9.83. The van der Waals surface area contributed by atoms with Crippen LogP contribution in [-0.2, 0) is 9.59 Å². The van der Waals surface area contributed by atoms with Gasteiger partial charge in [-0.1, -0.05) is 48.5 Å². The highest BCUT2D eigenvalue weighted by Gasteiger charge is 2.44. The molecule has 1 aliphatic rings. The molecule has 0 saturated heterocycles. The molecule has 7 nitrogen and oxygen atoms in total. The number of amides is 1. The highest BCUT2D eigenvalue weighted by molar-refractivity contribution is 6.19. The normalized spacial score (nSPS) is 16.1. The molecule has 0 saturated carbocycles. The number of aliphatic hydroxyl groups is 1. The van der Waals surface area contributed by atoms with Crippen molar-refractivity contribution in [2.24, 2.45) is 0 Å². The molecule has 4 rings (SSSR count). The first kappa shape index (κ1) is 20.9. The Bertz CT molecular complexity index is 1220. The lowest BCUT2D eigenvalue weighted by Crippen LogP contribution is -2.31. The number of carbonyl (C=O) groups is 2. The van der Waals surface area contributed by atoms with Crippen molar-refractivity contribution in [1.82, 2.24) is 4.98 Å². The van der Waals surface area contributed by atoms with Gasteiger partial charge in [-0.25, -0.2) is 4.98 Å². The Kier molecular flexibility index (Phi) is 5.72. The topological polar surface area (TPSA) is 100.0 Å². The number of ether oxygens (including phenoxy) is 1. The summed E-state index contributed by atoms with van der Waals surface area (Å²) in [5.41, 5.74) is 1.19. The van der Waals surface area contributed by atoms with E-state index in [1.807, 2.05) is 30.3 Å². The van der Waals surface area contributed by atoms with Gasteiger partial charge in [-0.3, -0.25) is 14.5 Å². The number of carbonyl (C=O) groups excluding carboxylic acids is 2. The molecule has 1 amide bonds. The van der Waals surface area contributed by atoms with Crippen LogP contribution in [-0.4, -0.2) is 34.0 Å². The van der Waals surface area contributed by atoms with Crippen LogP contribution < -0.4 is 9.64 Å². The zero-order valence-corrected chi connectivity index (χ0v) is 17.2. The maximum absolute atomic E-state index is 13.2. The van der Waals surface area contributed by atoms with E-state index in [-0.39, 0.29) is 22.9 Å². The van der Waals surface area contributed by atoms with Gasteiger partial charge >= 0.3 is 0 Å². The van der Waals surface area contributed by atoms with Gasteiger partial charge in [0.05, 0.1) is 18.7 Å². The van der Waals surface area contributed by atoms with Crippen LogP contribution in [0.25, 0.3) is 6.08 Å². The van der Waals surface area contributed by atoms with E-state index >= 15 is 0 Å². The van der Waals surface area contributed by atoms with Gasteiger partial charge in [-0.2, -0.15) is 0 Å². The molecule has 0 radical (unpaired) electrons. The molecule has 2 N–H and O–H groups in total. The molecule has 1 aromatic heterocycles. The van der Waals surface area contributed by atoms with Gasteiger partial charge < -0.3 is 14.9 Å². The van der Waals surface area contributed by atoms with Crippen LogP contribution in [0.3, 0.4) is 0 Å². The van der Waals surface area contributed by atoms with E-state index in [0.717, 1.165) is 5.56 Å². The van der Waals surface area contributed by atoms with Crippen LogP contribution in [0.4, 0.5) is 5.82 Å². The van der Waals surface area contributed by atoms with Crippen molar-refractivity contribution in [2.75, 3.05) is 12.0 Å². The van der Waals surface area contributed by atoms with E-state index in [9.17, 15) is 19.8 Å². The van der Waals surface area contributed by atoms with Crippen molar-refractivity contribution in [3.63, 3.8) is 0 Å². The van der Waals surface area contributed by atoms with Crippen LogP contribution in [0.1, 0.15) is 17.2 Å². The number of nitrogens with zero attached hydrogens (tertiary/aromatic N) is 2. The number of anilines is 1. The molecule has 2 aromatic carbocycles. The predicted octanol–water partition coefficient (Wildman–Crippen LogP) is 3.98. The van der Waals surface area contributed by atoms with Crippen LogP contribution in [0.2, 0.25) is 0 Å². The average Bonchev–Trinajstić information content (AvgIpc) is 3.09. The van der Waals surface area contributed by atoms with E-state index in [1.165, 1.54) is 36.4 Å². The standard InChI is InChI=1S/C25H20N2O5/c1-32-20-15-17(11-13-18(20)28)23-22(19(29)12-10-16-7-3-2-4-8-16)24(30)25(31)27(23)21-9-5-6-14-26-21/h2-15,23,28,30H,1H3. The lowest BCUT2D eigenvalue weighted by atomic mass is 9.95. The zero-order chi connectivity index (χ0) is 22.7. The molecule has 0 aliphatic carbocycles. The number of hydrogen-bond donors (Lipinski definition) is 2. The average molecular weight is 428 g/mol. The minimum absolute atomic E-state index is 0.0828. The number of hydrogen-bond acceptors (Lipinski definition) is 6. The smallest absolute Gasteiger partial charge is 0.295 e. The number of phenols is 1. The van der Waals surface area contributed by atoms with Crippen molar-refractivity contribution >= 4 is 23.6 Å². The number of aromatic hydroxyl groups is 1. The molecule has 2 heterocycles. The minimum Gasteiger partial charge on any atom is -0.504 e. The SMILES string of the molecule is COc1cc(C2C(C(=O)C=Cc3ccccc3)=C(O)C(=O)N2c2ccccn2)ccc1O. The zero-order valence-electron chi connectivity index (χ0n) is 17.2. The summed E-state index contributed by atoms with van der Waals surface area (Å²) < 4.78 is 5.19. The monoisotopic (exact) mass is 428 g/mol. The lowest BCUT2D eigenvalue weighted by molar-refractivity contribution is -0.117. The molecule has 0 spiro atoms. The van der Waals surface area contributed by atoms with Gasteiger partial charge in [0, 0.05) is 6.20 Å². The van der Waals surface area contributed by atoms with E-state index in [4.69, 9.17) is 4.74 Å². The van der Waals surface area contributed by atoms with Crippen molar-refractivity contribution in [2.45, 2.75) is 6.04 Å². The van der Waals surface area contributed by atoms with Crippen molar-refractivity contribution < 1.29 is 24.5 Å². The minimum atomic E-state index is -0.958. The van der Waals surface area contributed by atoms with Gasteiger partial charge in [0.15, 0.2) is 23.0 Å². The van der Waals surface area contributed by atoms with Gasteiger partial charge in [0.1, 0.15) is 5.82 Å². The number of ketones is 1. The Morgan fingerprint density at radius 2 is 1.81 bits per heavy atom. The maximum Gasteiger partial charge on any atom is 0.295 e. The number of phenolic OH excluding ortho intramolecular Hbond substituents is 1. The molecule has 160 valence electrons. The second kappa shape index (κ2) is 8.77. The number of allylic oxidation sites excluding steroid dienone is 1. The molecule has 7 heteroatoms. The van der Waals surface area contributed by atoms with E-state index in [1.54, 1.807) is 30.3 Å². The van der Waals surface area contributed by atoms with Crippen molar-refractivity contribution in [1.29, 1.82) is 0 Å². The number of aliphatic hydroxyl groups excluding tert-OH is 1. The Morgan fingerprint density at radius 3 is 2.50 bits per heavy atom. The second-order valence-electron chi connectivity index (χ2n) is 7.07. The summed E-state index contributed by atoms with van der Waals surface area (Å²) in [5.74, 6) is -1.54. The summed E-state index contributed by atoms with van der Waals surface area (Å²) in [6.07, 6.45) is 4.45. The molecular formula is C25H20N2O5. The maximum atomic E-state index is 13.2. The highest BCUT2D eigenvalue weighted by Crippen LogP contribution is 2.42. The lowest BCUT2D eigenvalue weighted by Gasteiger charge is -2.26. The van der Waals surface area contributed by atoms with Crippen molar-refractivity contribution in [3.8, 4) is 11.5 Å². The fourth-order valence-electron chi connectivity index (χ4n) is 3.60. The summed E-state index contributed by atoms with van der Waals surface area (Å²) in [7, 11) is 1.40. The molecular weight excluding hydrogens is 408 g/mol. The molecule has 0 fully saturated rings. The molecule has 1 unspecified atom stereocenters. The van der Waals surface area contributed by atoms with E-state index in [2.05, 4.69) is 4.98 Å². The molecule has 0 bridgehead atoms. The fraction of sp³-hybridized carbons (Fsp3) is 0.0800. The Hall–Kier alpha value is -4.39. The summed E-state index contributed by atoms with van der Waals surface area (Å²) in [6, 6.07) is 17.8. The molecule has 3 aromatic rings. The summed E-state index contributed by atoms with van der Waals surface area (Å²) in [5, 5.41) is 20.7. The summed E-state index contributed by atoms with van der Waals surface area (Å²) >= 11 is 0. The Labute approximate surface area is 184 Å². The second-order valence-corrected chi connectivity index (χ2v) is 7.07. The molecule has 1 aliphatic heterocycles. The Morgan fingerprint density at radius 1 is 1.06 bits per heavy atom. The summed E-state index contributed by atoms with van der Waals surface area (Å²) in [4.78, 5) is 31.7. The quantitative estimate of drug-likeness (QED) is 0.576. The number of benzene rings is 2. The van der Waals surface area contributed by atoms with Crippen LogP contribution in [0, 0.1) is 0 Å². The molecule has 1 atom stereocenters. The van der Waals surface area contributed by atoms with Gasteiger partial charge in [0.25, 0.3) is 5.91 Å². The van der Waals surface area contributed by atoms with Crippen LogP contribution >= 0.6 is 0 Å². The number of aromatic nitrogens is 1. The van der Waals surface area contributed by atoms with Gasteiger partial charge in [-0.05, 0) is 41.5 Å². The van der Waals surface area contributed by atoms with Gasteiger partial charge in [0.2, 0.25) is 0 Å². The van der Waals surface area contributed by atoms with Crippen LogP contribution in [0.5, 0.6) is 11.5 Å².